The third-order valence-electron chi connectivity index (χ3n) is 14.0. The van der Waals surface area contributed by atoms with Crippen molar-refractivity contribution in [2.24, 2.45) is 0 Å². The lowest BCUT2D eigenvalue weighted by Crippen LogP contribution is -2.21. The molecule has 0 aliphatic carbocycles. The summed E-state index contributed by atoms with van der Waals surface area (Å²) in [6.45, 7) is 36.6. The van der Waals surface area contributed by atoms with Gasteiger partial charge in [-0.2, -0.15) is 0 Å². The average Bonchev–Trinajstić information content (AvgIpc) is 3.30. The van der Waals surface area contributed by atoms with Crippen molar-refractivity contribution in [2.45, 2.75) is 165 Å². The van der Waals surface area contributed by atoms with Gasteiger partial charge in [0.2, 0.25) is 0 Å². The van der Waals surface area contributed by atoms with Gasteiger partial charge in [0.05, 0.1) is 11.9 Å². The Morgan fingerprint density at radius 3 is 1.45 bits per heavy atom. The van der Waals surface area contributed by atoms with Gasteiger partial charge in [-0.15, -0.1) is 0 Å². The van der Waals surface area contributed by atoms with Crippen molar-refractivity contribution in [2.75, 3.05) is 6.61 Å². The van der Waals surface area contributed by atoms with Crippen LogP contribution in [0, 0.1) is 13.8 Å². The highest BCUT2D eigenvalue weighted by atomic mass is 31.2. The predicted octanol–water partition coefficient (Wildman–Crippen LogP) is 17.3. The van der Waals surface area contributed by atoms with Gasteiger partial charge in [-0.25, -0.2) is 0 Å². The van der Waals surface area contributed by atoms with Gasteiger partial charge in [-0.3, -0.25) is 0 Å². The van der Waals surface area contributed by atoms with Crippen LogP contribution in [0.4, 0.5) is 0 Å². The fraction of sp³-hybridized carbons (Fsp3) is 0.433. The molecule has 0 aliphatic rings. The van der Waals surface area contributed by atoms with E-state index >= 15 is 0 Å². The summed E-state index contributed by atoms with van der Waals surface area (Å²) >= 11 is 0. The molecular formula is C60H80O4P2. The van der Waals surface area contributed by atoms with Crippen LogP contribution in [0.5, 0.6) is 17.2 Å². The fourth-order valence-electron chi connectivity index (χ4n) is 7.79. The number of rotatable bonds is 22. The zero-order valence-electron chi connectivity index (χ0n) is 43.3. The first-order valence-corrected chi connectivity index (χ1v) is 26.6. The molecule has 0 fully saturated rings. The summed E-state index contributed by atoms with van der Waals surface area (Å²) in [7, 11) is -2.93. The molecule has 5 aromatic carbocycles. The highest BCUT2D eigenvalue weighted by molar-refractivity contribution is 7.57. The van der Waals surface area contributed by atoms with Crippen molar-refractivity contribution in [3.8, 4) is 17.2 Å². The van der Waals surface area contributed by atoms with E-state index < -0.39 is 16.8 Å². The average molecular weight is 927 g/mol. The number of allylic oxidation sites excluding steroid dienone is 3. The molecule has 0 saturated carbocycles. The number of hydrogen-bond donors (Lipinski definition) is 0. The van der Waals surface area contributed by atoms with E-state index in [4.69, 9.17) is 18.1 Å². The van der Waals surface area contributed by atoms with Crippen LogP contribution in [0.1, 0.15) is 162 Å². The van der Waals surface area contributed by atoms with E-state index in [1.807, 2.05) is 12.1 Å². The summed E-state index contributed by atoms with van der Waals surface area (Å²) in [6, 6.07) is 38.9. The minimum Gasteiger partial charge on any atom is -0.443 e. The second-order valence-corrected chi connectivity index (χ2v) is 23.7. The lowest BCUT2D eigenvalue weighted by molar-refractivity contribution is 0.348. The lowest BCUT2D eigenvalue weighted by atomic mass is 9.76. The molecular weight excluding hydrogens is 847 g/mol. The van der Waals surface area contributed by atoms with Crippen molar-refractivity contribution in [1.82, 2.24) is 0 Å². The molecule has 5 rings (SSSR count). The van der Waals surface area contributed by atoms with Crippen LogP contribution in [-0.4, -0.2) is 6.61 Å². The van der Waals surface area contributed by atoms with E-state index in [0.717, 1.165) is 75.8 Å². The van der Waals surface area contributed by atoms with Gasteiger partial charge in [-0.1, -0.05) is 179 Å². The Hall–Kier alpha value is -4.20. The quantitative estimate of drug-likeness (QED) is 0.0512. The minimum atomic E-state index is -1.53. The van der Waals surface area contributed by atoms with E-state index in [1.165, 1.54) is 27.8 Å². The standard InChI is InChI=1S/C60H80O4P2/c1-17-57(9,10)48-33-35-54(52(40-48)59(13,14)19-3)62-65(50-27-23-21-24-28-50)61-42-45(7)37-43(5)31-32-47-39-44(6)38-46(8)56(47)64-66(51-29-25-22-26-30-51)63-55-36-34-49(58(11,12)18-2)41-53(55)60(15,16)20-4/h21-31,33-41H,17-20,32,42H2,1-16H3/b43-31-,45-37-. The van der Waals surface area contributed by atoms with Gasteiger partial charge < -0.3 is 18.1 Å². The van der Waals surface area contributed by atoms with Crippen LogP contribution in [0.25, 0.3) is 0 Å². The third-order valence-corrected chi connectivity index (χ3v) is 16.9. The van der Waals surface area contributed by atoms with Crippen LogP contribution >= 0.6 is 16.8 Å². The van der Waals surface area contributed by atoms with E-state index in [1.54, 1.807) is 0 Å². The number of aryl methyl sites for hydroxylation is 2. The maximum absolute atomic E-state index is 7.14. The first-order valence-electron chi connectivity index (χ1n) is 24.3. The second-order valence-electron chi connectivity index (χ2n) is 20.8. The maximum atomic E-state index is 7.14. The Balaban J connectivity index is 1.41. The summed E-state index contributed by atoms with van der Waals surface area (Å²) in [6.07, 6.45) is 9.35. The van der Waals surface area contributed by atoms with E-state index in [9.17, 15) is 0 Å². The van der Waals surface area contributed by atoms with Gasteiger partial charge >= 0.3 is 8.38 Å². The zero-order chi connectivity index (χ0) is 48.5. The molecule has 0 amide bonds. The van der Waals surface area contributed by atoms with Crippen molar-refractivity contribution in [3.63, 3.8) is 0 Å². The Labute approximate surface area is 403 Å². The molecule has 0 aromatic heterocycles. The second kappa shape index (κ2) is 22.7. The first-order chi connectivity index (χ1) is 31.1. The molecule has 0 heterocycles. The molecule has 0 N–H and O–H groups in total. The number of hydrogen-bond acceptors (Lipinski definition) is 4. The molecule has 0 bridgehead atoms. The Bertz CT molecular complexity index is 2430. The third kappa shape index (κ3) is 13.5. The van der Waals surface area contributed by atoms with Crippen LogP contribution in [0.15, 0.2) is 132 Å². The van der Waals surface area contributed by atoms with Gasteiger partial charge in [0.1, 0.15) is 17.2 Å². The Kier molecular flexibility index (Phi) is 18.2. The molecule has 0 spiro atoms. The molecule has 4 nitrogen and oxygen atoms in total. The summed E-state index contributed by atoms with van der Waals surface area (Å²) in [4.78, 5) is 0. The SMILES string of the molecule is CCC(C)(C)c1ccc(OP(OC/C(C)=C\C(C)=C/Cc2cc(C)cc(C)c2OP(Oc2ccc(C(C)(C)CC)cc2C(C)(C)CC)c2ccccc2)c2ccccc2)c(C(C)(C)CC)c1. The summed E-state index contributed by atoms with van der Waals surface area (Å²) in [5.41, 5.74) is 10.8. The molecule has 5 aromatic rings. The van der Waals surface area contributed by atoms with E-state index in [2.05, 4.69) is 220 Å². The molecule has 0 radical (unpaired) electrons. The van der Waals surface area contributed by atoms with Gasteiger partial charge in [0.15, 0.2) is 0 Å². The fourth-order valence-corrected chi connectivity index (χ4v) is 10.6. The lowest BCUT2D eigenvalue weighted by Gasteiger charge is -2.31. The zero-order valence-corrected chi connectivity index (χ0v) is 45.1. The van der Waals surface area contributed by atoms with Crippen LogP contribution < -0.4 is 24.2 Å². The minimum absolute atomic E-state index is 0.0603. The topological polar surface area (TPSA) is 36.9 Å². The van der Waals surface area contributed by atoms with Crippen molar-refractivity contribution in [1.29, 1.82) is 0 Å². The monoisotopic (exact) mass is 927 g/mol. The molecule has 6 heteroatoms. The Morgan fingerprint density at radius 1 is 0.530 bits per heavy atom. The van der Waals surface area contributed by atoms with E-state index in [0.29, 0.717) is 13.0 Å². The predicted molar refractivity (Wildman–Crippen MR) is 287 cm³/mol. The smallest absolute Gasteiger partial charge is 0.326 e. The van der Waals surface area contributed by atoms with Crippen LogP contribution in [0.3, 0.4) is 0 Å². The maximum Gasteiger partial charge on any atom is 0.326 e. The summed E-state index contributed by atoms with van der Waals surface area (Å²) in [5.74, 6) is 2.67. The van der Waals surface area contributed by atoms with Crippen LogP contribution in [0.2, 0.25) is 0 Å². The first kappa shape index (κ1) is 52.8. The Morgan fingerprint density at radius 2 is 0.985 bits per heavy atom. The summed E-state index contributed by atoms with van der Waals surface area (Å²) < 4.78 is 27.9. The number of benzene rings is 5. The molecule has 2 unspecified atom stereocenters. The highest BCUT2D eigenvalue weighted by Gasteiger charge is 2.31. The van der Waals surface area contributed by atoms with Crippen molar-refractivity contribution in [3.05, 3.63) is 171 Å². The van der Waals surface area contributed by atoms with Crippen LogP contribution in [-0.2, 0) is 32.6 Å². The van der Waals surface area contributed by atoms with Crippen molar-refractivity contribution >= 4 is 27.4 Å². The molecule has 354 valence electrons. The molecule has 0 saturated heterocycles. The normalized spacial score (nSPS) is 13.9. The highest BCUT2D eigenvalue weighted by Crippen LogP contribution is 2.48. The molecule has 66 heavy (non-hydrogen) atoms. The summed E-state index contributed by atoms with van der Waals surface area (Å²) in [5, 5.41) is 2.08. The van der Waals surface area contributed by atoms with Crippen molar-refractivity contribution < 1.29 is 18.1 Å². The largest absolute Gasteiger partial charge is 0.443 e. The molecule has 0 aliphatic heterocycles. The van der Waals surface area contributed by atoms with E-state index in [-0.39, 0.29) is 21.7 Å². The van der Waals surface area contributed by atoms with Gasteiger partial charge in [-0.05, 0) is 146 Å². The van der Waals surface area contributed by atoms with Gasteiger partial charge in [0, 0.05) is 16.4 Å². The van der Waals surface area contributed by atoms with Gasteiger partial charge in [0.25, 0.3) is 8.38 Å². The molecule has 2 atom stereocenters.